The van der Waals surface area contributed by atoms with Gasteiger partial charge in [0, 0.05) is 86.3 Å². The van der Waals surface area contributed by atoms with Crippen molar-refractivity contribution < 1.29 is 43.8 Å². The number of nitrogens with two attached hydrogens (primary N) is 1. The van der Waals surface area contributed by atoms with Crippen LogP contribution in [0.15, 0.2) is 0 Å². The first-order valence-electron chi connectivity index (χ1n) is 19.3. The zero-order valence-electron chi connectivity index (χ0n) is 33.7. The van der Waals surface area contributed by atoms with Crippen LogP contribution in [0.5, 0.6) is 0 Å². The molecule has 0 saturated heterocycles. The van der Waals surface area contributed by atoms with Crippen LogP contribution in [-0.2, 0) is 33.6 Å². The van der Waals surface area contributed by atoms with Gasteiger partial charge in [-0.15, -0.1) is 0 Å². The molecular weight excluding hydrogens is 751 g/mol. The number of aliphatic hydroxyl groups is 1. The zero-order chi connectivity index (χ0) is 42.2. The Morgan fingerprint density at radius 3 is 1.16 bits per heavy atom. The lowest BCUT2D eigenvalue weighted by Gasteiger charge is -2.24. The lowest BCUT2D eigenvalue weighted by Crippen LogP contribution is -2.48. The van der Waals surface area contributed by atoms with E-state index in [0.29, 0.717) is 19.3 Å². The largest absolute Gasteiger partial charge is 0.481 e. The van der Waals surface area contributed by atoms with E-state index in [2.05, 4.69) is 57.2 Å². The third-order valence-electron chi connectivity index (χ3n) is 8.71. The van der Waals surface area contributed by atoms with E-state index in [9.17, 15) is 43.8 Å². The average molecular weight is 820 g/mol. The van der Waals surface area contributed by atoms with Gasteiger partial charge in [-0.2, -0.15) is 25.3 Å². The molecule has 0 unspecified atom stereocenters. The molecule has 0 rings (SSSR count). The number of carboxylic acid groups (broad SMARTS) is 1. The minimum Gasteiger partial charge on any atom is -0.481 e. The van der Waals surface area contributed by atoms with E-state index >= 15 is 0 Å². The number of hydrogen-bond acceptors (Lipinski definition) is 11. The van der Waals surface area contributed by atoms with Crippen LogP contribution in [0.2, 0.25) is 0 Å². The summed E-state index contributed by atoms with van der Waals surface area (Å²) < 4.78 is 0. The molecule has 0 bridgehead atoms. The molecule has 10 N–H and O–H groups in total. The van der Waals surface area contributed by atoms with Gasteiger partial charge < -0.3 is 47.8 Å². The predicted octanol–water partition coefficient (Wildman–Crippen LogP) is 1.05. The number of aliphatic carboxylic acids is 1. The number of carbonyl (C=O) groups is 7. The molecule has 55 heavy (non-hydrogen) atoms. The highest BCUT2D eigenvalue weighted by molar-refractivity contribution is 7.80. The number of aliphatic hydroxyl groups excluding tert-OH is 1. The van der Waals surface area contributed by atoms with Crippen LogP contribution in [-0.4, -0.2) is 112 Å². The van der Waals surface area contributed by atoms with Gasteiger partial charge in [-0.3, -0.25) is 33.6 Å². The minimum atomic E-state index is -1.02. The van der Waals surface area contributed by atoms with E-state index in [-0.39, 0.29) is 92.1 Å². The van der Waals surface area contributed by atoms with Crippen LogP contribution in [0.3, 0.4) is 0 Å². The van der Waals surface area contributed by atoms with Gasteiger partial charge in [-0.25, -0.2) is 0 Å². The Bertz CT molecular complexity index is 1230. The fraction of sp³-hybridized carbons (Fsp3) is 0.811. The average Bonchev–Trinajstić information content (AvgIpc) is 3.05. The molecule has 0 aliphatic carbocycles. The summed E-state index contributed by atoms with van der Waals surface area (Å²) in [4.78, 5) is 88.0. The van der Waals surface area contributed by atoms with E-state index in [1.165, 1.54) is 0 Å². The highest BCUT2D eigenvalue weighted by atomic mass is 32.1. The highest BCUT2D eigenvalue weighted by Gasteiger charge is 2.26. The fourth-order valence-corrected chi connectivity index (χ4v) is 6.25. The molecule has 18 heteroatoms. The van der Waals surface area contributed by atoms with Crippen LogP contribution >= 0.6 is 25.3 Å². The van der Waals surface area contributed by atoms with Crippen molar-refractivity contribution in [1.82, 2.24) is 31.9 Å². The summed E-state index contributed by atoms with van der Waals surface area (Å²) in [5.41, 5.74) is 6.00. The number of hydrogen-bond donors (Lipinski definition) is 11. The van der Waals surface area contributed by atoms with Crippen LogP contribution < -0.4 is 37.6 Å². The van der Waals surface area contributed by atoms with Gasteiger partial charge in [0.2, 0.25) is 35.4 Å². The monoisotopic (exact) mass is 819 g/mol. The van der Waals surface area contributed by atoms with Gasteiger partial charge in [-0.05, 0) is 37.0 Å². The standard InChI is InChI=1S/C37H69N7O9S2/c1-8-24(11-31(46)43-28(19-54)14-35(50)41-26(10-22(4)5)16-37(52)53)39-33(48)13-27(18-45)42-32(47)12-25(9-21(2)3)40-34(49)15-29(20-55)44-36(51)17-30(38)23(6)7/h21-30,45,54-55H,8-20,38H2,1-7H3,(H,39,48)(H,40,49)(H,41,50)(H,42,47)(H,43,46)(H,44,51)(H,52,53)/t24-,25+,26+,27-,28-,29-,30-/m1/s1. The lowest BCUT2D eigenvalue weighted by atomic mass is 10.00. The van der Waals surface area contributed by atoms with Gasteiger partial charge in [0.25, 0.3) is 0 Å². The quantitative estimate of drug-likeness (QED) is 0.0479. The van der Waals surface area contributed by atoms with Crippen LogP contribution in [0.4, 0.5) is 0 Å². The Hall–Kier alpha value is -3.09. The van der Waals surface area contributed by atoms with E-state index in [1.54, 1.807) is 6.92 Å². The summed E-state index contributed by atoms with van der Waals surface area (Å²) in [5, 5.41) is 35.7. The first-order valence-corrected chi connectivity index (χ1v) is 20.5. The summed E-state index contributed by atoms with van der Waals surface area (Å²) in [6.07, 6.45) is 0.649. The first kappa shape index (κ1) is 51.9. The van der Waals surface area contributed by atoms with Crippen molar-refractivity contribution in [1.29, 1.82) is 0 Å². The van der Waals surface area contributed by atoms with Gasteiger partial charge in [0.1, 0.15) is 0 Å². The van der Waals surface area contributed by atoms with E-state index < -0.39 is 72.5 Å². The Kier molecular flexibility index (Phi) is 26.7. The third kappa shape index (κ3) is 25.6. The molecule has 318 valence electrons. The van der Waals surface area contributed by atoms with Crippen LogP contribution in [0, 0.1) is 17.8 Å². The molecule has 0 aliphatic rings. The van der Waals surface area contributed by atoms with Crippen LogP contribution in [0.25, 0.3) is 0 Å². The fourth-order valence-electron chi connectivity index (χ4n) is 5.80. The molecule has 0 aliphatic heterocycles. The molecule has 7 atom stereocenters. The maximum Gasteiger partial charge on any atom is 0.305 e. The second kappa shape index (κ2) is 28.3. The number of rotatable bonds is 29. The Labute approximate surface area is 338 Å². The van der Waals surface area contributed by atoms with Gasteiger partial charge >= 0.3 is 5.97 Å². The van der Waals surface area contributed by atoms with Gasteiger partial charge in [-0.1, -0.05) is 48.5 Å². The van der Waals surface area contributed by atoms with Crippen molar-refractivity contribution in [2.45, 2.75) is 155 Å². The van der Waals surface area contributed by atoms with E-state index in [0.717, 1.165) is 0 Å². The molecule has 0 spiro atoms. The highest BCUT2D eigenvalue weighted by Crippen LogP contribution is 2.12. The summed E-state index contributed by atoms with van der Waals surface area (Å²) in [7, 11) is 0. The SMILES string of the molecule is CC[C@H](CC(=O)N[C@@H](CS)CC(=O)N[C@H](CC(=O)O)CC(C)C)NC(=O)C[C@H](CO)NC(=O)C[C@H](CC(C)C)NC(=O)C[C@H](CS)NC(=O)C[C@@H](N)C(C)C. The van der Waals surface area contributed by atoms with Crippen molar-refractivity contribution in [3.05, 3.63) is 0 Å². The maximum atomic E-state index is 13.0. The van der Waals surface area contributed by atoms with E-state index in [1.807, 2.05) is 41.5 Å². The second-order valence-corrected chi connectivity index (χ2v) is 16.3. The zero-order valence-corrected chi connectivity index (χ0v) is 35.5. The van der Waals surface area contributed by atoms with Gasteiger partial charge in [0.05, 0.1) is 19.1 Å². The molecular formula is C37H69N7O9S2. The number of nitrogens with one attached hydrogen (secondary N) is 6. The number of thiol groups is 2. The molecule has 0 fully saturated rings. The number of carboxylic acids is 1. The summed E-state index contributed by atoms with van der Waals surface area (Å²) >= 11 is 8.52. The normalized spacial score (nSPS) is 15.2. The molecule has 0 aromatic rings. The summed E-state index contributed by atoms with van der Waals surface area (Å²) in [6, 6.07) is -4.07. The predicted molar refractivity (Wildman–Crippen MR) is 218 cm³/mol. The van der Waals surface area contributed by atoms with Crippen molar-refractivity contribution in [2.75, 3.05) is 18.1 Å². The van der Waals surface area contributed by atoms with Crippen molar-refractivity contribution in [3.63, 3.8) is 0 Å². The Morgan fingerprint density at radius 2 is 0.818 bits per heavy atom. The number of amides is 6. The van der Waals surface area contributed by atoms with Crippen molar-refractivity contribution in [3.8, 4) is 0 Å². The van der Waals surface area contributed by atoms with Gasteiger partial charge in [0.15, 0.2) is 0 Å². The van der Waals surface area contributed by atoms with E-state index in [4.69, 9.17) is 5.73 Å². The summed E-state index contributed by atoms with van der Waals surface area (Å²) in [6.45, 7) is 12.8. The molecule has 0 aromatic heterocycles. The molecule has 16 nitrogen and oxygen atoms in total. The third-order valence-corrected chi connectivity index (χ3v) is 9.60. The molecule has 6 amide bonds. The molecule has 0 radical (unpaired) electrons. The van der Waals surface area contributed by atoms with Crippen LogP contribution in [0.1, 0.15) is 113 Å². The molecule has 0 aromatic carbocycles. The molecule has 0 saturated carbocycles. The minimum absolute atomic E-state index is 0.0451. The lowest BCUT2D eigenvalue weighted by molar-refractivity contribution is -0.138. The number of carbonyl (C=O) groups excluding carboxylic acids is 6. The second-order valence-electron chi connectivity index (χ2n) is 15.5. The van der Waals surface area contributed by atoms with Crippen molar-refractivity contribution >= 4 is 66.7 Å². The Morgan fingerprint density at radius 1 is 0.509 bits per heavy atom. The summed E-state index contributed by atoms with van der Waals surface area (Å²) in [5.74, 6) is -2.69. The Balaban J connectivity index is 5.14. The maximum absolute atomic E-state index is 13.0. The topological polar surface area (TPSA) is 258 Å². The first-order chi connectivity index (χ1) is 25.7. The molecule has 0 heterocycles. The smallest absolute Gasteiger partial charge is 0.305 e. The van der Waals surface area contributed by atoms with Crippen molar-refractivity contribution in [2.24, 2.45) is 23.5 Å².